The number of aliphatic hydroxyl groups excluding tert-OH is 2. The fraction of sp³-hybridized carbons (Fsp3) is 0.568. The molecule has 4 aromatic rings. The number of aliphatic hydroxyl groups is 2. The predicted molar refractivity (Wildman–Crippen MR) is 209 cm³/mol. The van der Waals surface area contributed by atoms with Gasteiger partial charge in [0.1, 0.15) is 11.2 Å². The van der Waals surface area contributed by atoms with Crippen molar-refractivity contribution >= 4 is 27.8 Å². The summed E-state index contributed by atoms with van der Waals surface area (Å²) in [7, 11) is 6.92. The summed E-state index contributed by atoms with van der Waals surface area (Å²) in [5, 5.41) is 29.9. The van der Waals surface area contributed by atoms with Gasteiger partial charge in [0.05, 0.1) is 31.8 Å². The van der Waals surface area contributed by atoms with Crippen molar-refractivity contribution in [1.82, 2.24) is 19.8 Å². The number of methoxy groups -OCH3 is 3. The molecule has 4 bridgehead atoms. The number of fused-ring (bicyclic) bond motifs is 9. The fourth-order valence-electron chi connectivity index (χ4n) is 12.8. The number of rotatable bonds is 7. The number of nitrogens with zero attached hydrogens (tertiary/aromatic N) is 2. The van der Waals surface area contributed by atoms with Gasteiger partial charge in [0.15, 0.2) is 6.29 Å². The van der Waals surface area contributed by atoms with Gasteiger partial charge < -0.3 is 39.3 Å². The SMILES string of the molecule is C/C=C1/CN(C)[C@H]2Cc3c([nH]c4ccccc34)[C@H](c3c(OC)ccc4c5c6n(c34)C[C@@H]3C[C@@H](CC)[C@@H](NCC5)[C@@]6(C(O)OC)C3)C[C@H]1[C@]2(CO)C(=O)OC. The van der Waals surface area contributed by atoms with Gasteiger partial charge in [0.2, 0.25) is 0 Å². The van der Waals surface area contributed by atoms with E-state index in [1.54, 1.807) is 14.2 Å². The number of aromatic nitrogens is 2. The van der Waals surface area contributed by atoms with E-state index in [1.165, 1.54) is 29.3 Å². The van der Waals surface area contributed by atoms with E-state index < -0.39 is 17.1 Å². The van der Waals surface area contributed by atoms with Gasteiger partial charge in [-0.3, -0.25) is 9.69 Å². The number of H-pyrrole nitrogens is 1. The Hall–Kier alpha value is -3.67. The van der Waals surface area contributed by atoms with Crippen LogP contribution in [-0.2, 0) is 39.1 Å². The molecule has 4 N–H and O–H groups in total. The van der Waals surface area contributed by atoms with Crippen LogP contribution >= 0.6 is 0 Å². The molecule has 9 atom stereocenters. The number of likely N-dealkylation sites (tertiary alicyclic amines) is 1. The lowest BCUT2D eigenvalue weighted by atomic mass is 9.57. The van der Waals surface area contributed by atoms with Crippen molar-refractivity contribution in [2.75, 3.05) is 48.1 Å². The highest BCUT2D eigenvalue weighted by Gasteiger charge is 2.61. The molecule has 5 aliphatic rings. The third kappa shape index (κ3) is 4.67. The lowest BCUT2D eigenvalue weighted by Crippen LogP contribution is -2.64. The van der Waals surface area contributed by atoms with Crippen molar-refractivity contribution < 1.29 is 29.2 Å². The number of carbonyl (C=O) groups excluding carboxylic acids is 1. The van der Waals surface area contributed by atoms with Crippen LogP contribution in [0.2, 0.25) is 0 Å². The Kier molecular flexibility index (Phi) is 8.82. The normalized spacial score (nSPS) is 33.2. The zero-order chi connectivity index (χ0) is 37.7. The maximum Gasteiger partial charge on any atom is 0.316 e. The molecule has 3 aliphatic heterocycles. The first kappa shape index (κ1) is 36.0. The van der Waals surface area contributed by atoms with Gasteiger partial charge in [-0.05, 0) is 93.8 Å². The van der Waals surface area contributed by atoms with E-state index in [-0.39, 0.29) is 36.5 Å². The largest absolute Gasteiger partial charge is 0.496 e. The van der Waals surface area contributed by atoms with Crippen LogP contribution in [0.4, 0.5) is 0 Å². The molecule has 5 heterocycles. The summed E-state index contributed by atoms with van der Waals surface area (Å²) in [6, 6.07) is 12.6. The van der Waals surface area contributed by atoms with E-state index in [0.29, 0.717) is 31.2 Å². The van der Waals surface area contributed by atoms with Crippen molar-refractivity contribution in [1.29, 1.82) is 0 Å². The second-order valence-corrected chi connectivity index (χ2v) is 16.9. The van der Waals surface area contributed by atoms with Gasteiger partial charge in [-0.2, -0.15) is 0 Å². The minimum absolute atomic E-state index is 0.0870. The standard InChI is InChI=1S/C44H56N4O6/c1-7-25-17-24-20-43(41(50)53-5)39(25)45-16-15-29-28-13-14-34(52-4)36(38(28)48(21-24)40(29)43)31-18-32-26(8-2)22-47(3)35(44(32,23-49)42(51)54-6)19-30-27-11-9-10-12-33(27)46-37(30)31/h8-14,24-25,31-32,35,39,41,45-46,49-50H,7,15-23H2,1-6H3/b26-8-/t24-,25-,31+,32-,35+,39-,41?,43+,44+/m1/s1. The van der Waals surface area contributed by atoms with Crippen LogP contribution in [0.5, 0.6) is 5.75 Å². The molecule has 288 valence electrons. The summed E-state index contributed by atoms with van der Waals surface area (Å²) >= 11 is 0. The van der Waals surface area contributed by atoms with Crippen molar-refractivity contribution in [3.05, 3.63) is 76.1 Å². The number of nitrogens with one attached hydrogen (secondary N) is 2. The van der Waals surface area contributed by atoms with E-state index in [4.69, 9.17) is 14.2 Å². The first-order valence-corrected chi connectivity index (χ1v) is 20.0. The molecule has 10 heteroatoms. The van der Waals surface area contributed by atoms with Crippen LogP contribution in [0, 0.1) is 23.2 Å². The number of likely N-dealkylation sites (N-methyl/N-ethyl adjacent to an activating group) is 1. The van der Waals surface area contributed by atoms with Crippen molar-refractivity contribution in [2.24, 2.45) is 23.2 Å². The Morgan fingerprint density at radius 2 is 1.93 bits per heavy atom. The van der Waals surface area contributed by atoms with Gasteiger partial charge >= 0.3 is 5.97 Å². The minimum atomic E-state index is -1.18. The molecule has 1 saturated carbocycles. The topological polar surface area (TPSA) is 121 Å². The van der Waals surface area contributed by atoms with Crippen LogP contribution in [0.3, 0.4) is 0 Å². The number of para-hydroxylation sites is 1. The number of benzene rings is 2. The van der Waals surface area contributed by atoms with E-state index >= 15 is 0 Å². The molecule has 1 saturated heterocycles. The lowest BCUT2D eigenvalue weighted by molar-refractivity contribution is -0.169. The second-order valence-electron chi connectivity index (χ2n) is 16.9. The molecule has 9 rings (SSSR count). The number of piperidine rings is 1. The van der Waals surface area contributed by atoms with Crippen molar-refractivity contribution in [3.8, 4) is 5.75 Å². The number of hydrogen-bond donors (Lipinski definition) is 4. The Bertz CT molecular complexity index is 2150. The Morgan fingerprint density at radius 1 is 1.11 bits per heavy atom. The van der Waals surface area contributed by atoms with Crippen LogP contribution in [-0.4, -0.2) is 97.1 Å². The summed E-state index contributed by atoms with van der Waals surface area (Å²) in [6.45, 7) is 6.40. The van der Waals surface area contributed by atoms with E-state index in [9.17, 15) is 15.0 Å². The lowest BCUT2D eigenvalue weighted by Gasteiger charge is -2.55. The Balaban J connectivity index is 1.38. The number of aromatic amines is 1. The molecule has 0 radical (unpaired) electrons. The molecule has 2 aromatic heterocycles. The van der Waals surface area contributed by atoms with Crippen molar-refractivity contribution in [2.45, 2.75) is 88.6 Å². The molecule has 0 spiro atoms. The monoisotopic (exact) mass is 736 g/mol. The highest BCUT2D eigenvalue weighted by Crippen LogP contribution is 2.59. The predicted octanol–water partition coefficient (Wildman–Crippen LogP) is 5.40. The molecule has 10 nitrogen and oxygen atoms in total. The molecule has 2 fully saturated rings. The van der Waals surface area contributed by atoms with E-state index in [1.807, 2.05) is 6.92 Å². The fourth-order valence-corrected chi connectivity index (χ4v) is 12.8. The van der Waals surface area contributed by atoms with Gasteiger partial charge in [0.25, 0.3) is 0 Å². The quantitative estimate of drug-likeness (QED) is 0.113. The molecular formula is C44H56N4O6. The summed E-state index contributed by atoms with van der Waals surface area (Å²) < 4.78 is 20.6. The number of hydrogen-bond acceptors (Lipinski definition) is 8. The first-order chi connectivity index (χ1) is 26.2. The molecule has 1 unspecified atom stereocenters. The zero-order valence-electron chi connectivity index (χ0n) is 32.6. The zero-order valence-corrected chi connectivity index (χ0v) is 32.6. The van der Waals surface area contributed by atoms with Gasteiger partial charge in [-0.25, -0.2) is 0 Å². The summed E-state index contributed by atoms with van der Waals surface area (Å²) in [6.07, 6.45) is 6.19. The summed E-state index contributed by atoms with van der Waals surface area (Å²) in [5.41, 5.74) is 7.45. The Morgan fingerprint density at radius 3 is 2.65 bits per heavy atom. The summed E-state index contributed by atoms with van der Waals surface area (Å²) in [5.74, 6) is 0.732. The van der Waals surface area contributed by atoms with Crippen molar-refractivity contribution in [3.63, 3.8) is 0 Å². The van der Waals surface area contributed by atoms with Gasteiger partial charge in [-0.1, -0.05) is 43.2 Å². The molecule has 54 heavy (non-hydrogen) atoms. The van der Waals surface area contributed by atoms with Gasteiger partial charge in [0, 0.05) is 77.4 Å². The minimum Gasteiger partial charge on any atom is -0.496 e. The average Bonchev–Trinajstić information content (AvgIpc) is 3.63. The molecular weight excluding hydrogens is 681 g/mol. The highest BCUT2D eigenvalue weighted by atomic mass is 16.6. The third-order valence-corrected chi connectivity index (χ3v) is 14.9. The summed E-state index contributed by atoms with van der Waals surface area (Å²) in [4.78, 5) is 20.5. The van der Waals surface area contributed by atoms with E-state index in [2.05, 4.69) is 76.2 Å². The first-order valence-electron chi connectivity index (χ1n) is 20.0. The average molecular weight is 737 g/mol. The second kappa shape index (κ2) is 13.2. The van der Waals surface area contributed by atoms with E-state index in [0.717, 1.165) is 77.8 Å². The molecule has 2 aromatic carbocycles. The number of ether oxygens (including phenoxy) is 3. The van der Waals surface area contributed by atoms with Gasteiger partial charge in [-0.15, -0.1) is 0 Å². The third-order valence-electron chi connectivity index (χ3n) is 14.9. The van der Waals surface area contributed by atoms with Crippen LogP contribution in [0.1, 0.15) is 73.5 Å². The Labute approximate surface area is 317 Å². The highest BCUT2D eigenvalue weighted by molar-refractivity contribution is 5.93. The van der Waals surface area contributed by atoms with Crippen LogP contribution < -0.4 is 10.1 Å². The van der Waals surface area contributed by atoms with Crippen LogP contribution in [0.15, 0.2) is 48.0 Å². The smallest absolute Gasteiger partial charge is 0.316 e. The number of allylic oxidation sites excluding steroid dienone is 1. The number of carbonyl (C=O) groups is 1. The maximum absolute atomic E-state index is 14.3. The van der Waals surface area contributed by atoms with Crippen LogP contribution in [0.25, 0.3) is 21.8 Å². The molecule has 0 amide bonds. The number of esters is 1. The maximum atomic E-state index is 14.3. The molecule has 2 aliphatic carbocycles.